The van der Waals surface area contributed by atoms with E-state index in [9.17, 15) is 4.79 Å². The Balaban J connectivity index is 3.20. The maximum atomic E-state index is 11.0. The summed E-state index contributed by atoms with van der Waals surface area (Å²) in [5.41, 5.74) is 0. The number of nitrogens with one attached hydrogen (secondary N) is 2. The van der Waals surface area contributed by atoms with Crippen LogP contribution in [0.25, 0.3) is 0 Å². The van der Waals surface area contributed by atoms with E-state index in [-0.39, 0.29) is 5.91 Å². The molecule has 72 valence electrons. The smallest absolute Gasteiger partial charge is 0.233 e. The van der Waals surface area contributed by atoms with E-state index in [2.05, 4.69) is 24.5 Å². The predicted molar refractivity (Wildman–Crippen MR) is 51.0 cm³/mol. The third-order valence-electron chi connectivity index (χ3n) is 1.58. The predicted octanol–water partition coefficient (Wildman–Crippen LogP) is 0.758. The van der Waals surface area contributed by atoms with Crippen molar-refractivity contribution < 1.29 is 4.79 Å². The van der Waals surface area contributed by atoms with Crippen molar-refractivity contribution in [3.8, 4) is 0 Å². The highest BCUT2D eigenvalue weighted by atomic mass is 16.1. The van der Waals surface area contributed by atoms with Crippen molar-refractivity contribution in [1.29, 1.82) is 0 Å². The molecule has 0 aromatic rings. The summed E-state index contributed by atoms with van der Waals surface area (Å²) in [4.78, 5) is 11.0. The van der Waals surface area contributed by atoms with E-state index in [0.717, 1.165) is 19.5 Å². The second-order valence-corrected chi connectivity index (χ2v) is 3.31. The van der Waals surface area contributed by atoms with Crippen LogP contribution in [-0.2, 0) is 4.79 Å². The van der Waals surface area contributed by atoms with E-state index in [1.165, 1.54) is 0 Å². The van der Waals surface area contributed by atoms with Gasteiger partial charge in [-0.25, -0.2) is 0 Å². The lowest BCUT2D eigenvalue weighted by molar-refractivity contribution is -0.120. The lowest BCUT2D eigenvalue weighted by Crippen LogP contribution is -2.34. The van der Waals surface area contributed by atoms with E-state index in [1.807, 2.05) is 6.92 Å². The Morgan fingerprint density at radius 1 is 1.42 bits per heavy atom. The summed E-state index contributed by atoms with van der Waals surface area (Å²) in [5.74, 6) is 0.752. The molecular formula is C9H20N2O. The highest BCUT2D eigenvalue weighted by Crippen LogP contribution is 1.95. The minimum Gasteiger partial charge on any atom is -0.355 e. The molecule has 0 unspecified atom stereocenters. The summed E-state index contributed by atoms with van der Waals surface area (Å²) in [6, 6.07) is 0. The normalized spacial score (nSPS) is 10.3. The third kappa shape index (κ3) is 7.54. The van der Waals surface area contributed by atoms with Crippen molar-refractivity contribution in [2.45, 2.75) is 27.2 Å². The van der Waals surface area contributed by atoms with E-state index in [0.29, 0.717) is 12.5 Å². The van der Waals surface area contributed by atoms with Gasteiger partial charge >= 0.3 is 0 Å². The van der Waals surface area contributed by atoms with Gasteiger partial charge < -0.3 is 10.6 Å². The number of likely N-dealkylation sites (N-methyl/N-ethyl adjacent to an activating group) is 1. The largest absolute Gasteiger partial charge is 0.355 e. The minimum atomic E-state index is 0.0949. The molecule has 0 aromatic heterocycles. The quantitative estimate of drug-likeness (QED) is 0.621. The zero-order chi connectivity index (χ0) is 9.40. The Hall–Kier alpha value is -0.570. The van der Waals surface area contributed by atoms with Gasteiger partial charge in [-0.3, -0.25) is 4.79 Å². The van der Waals surface area contributed by atoms with Gasteiger partial charge in [0, 0.05) is 6.54 Å². The summed E-state index contributed by atoms with van der Waals surface area (Å²) in [6.07, 6.45) is 1.05. The Morgan fingerprint density at radius 3 is 2.58 bits per heavy atom. The summed E-state index contributed by atoms with van der Waals surface area (Å²) in [7, 11) is 0. The molecule has 0 atom stereocenters. The number of hydrogen-bond acceptors (Lipinski definition) is 2. The number of amides is 1. The minimum absolute atomic E-state index is 0.0949. The lowest BCUT2D eigenvalue weighted by Gasteiger charge is -2.06. The molecule has 0 aliphatic rings. The number of rotatable bonds is 6. The van der Waals surface area contributed by atoms with E-state index >= 15 is 0 Å². The molecule has 0 saturated heterocycles. The fraction of sp³-hybridized carbons (Fsp3) is 0.889. The molecule has 0 bridgehead atoms. The van der Waals surface area contributed by atoms with Gasteiger partial charge in [0.25, 0.3) is 0 Å². The maximum Gasteiger partial charge on any atom is 0.233 e. The zero-order valence-corrected chi connectivity index (χ0v) is 8.31. The van der Waals surface area contributed by atoms with Crippen molar-refractivity contribution in [2.75, 3.05) is 19.6 Å². The fourth-order valence-corrected chi connectivity index (χ4v) is 0.801. The van der Waals surface area contributed by atoms with E-state index in [1.54, 1.807) is 0 Å². The van der Waals surface area contributed by atoms with Crippen LogP contribution in [0.3, 0.4) is 0 Å². The van der Waals surface area contributed by atoms with E-state index < -0.39 is 0 Å². The Morgan fingerprint density at radius 2 is 2.08 bits per heavy atom. The molecule has 12 heavy (non-hydrogen) atoms. The molecule has 0 saturated carbocycles. The molecule has 3 nitrogen and oxygen atoms in total. The highest BCUT2D eigenvalue weighted by molar-refractivity contribution is 5.77. The highest BCUT2D eigenvalue weighted by Gasteiger charge is 1.99. The third-order valence-corrected chi connectivity index (χ3v) is 1.58. The molecule has 1 amide bonds. The van der Waals surface area contributed by atoms with Gasteiger partial charge in [-0.05, 0) is 18.9 Å². The molecule has 3 heteroatoms. The van der Waals surface area contributed by atoms with Crippen molar-refractivity contribution >= 4 is 5.91 Å². The van der Waals surface area contributed by atoms with Crippen LogP contribution in [-0.4, -0.2) is 25.5 Å². The van der Waals surface area contributed by atoms with Crippen LogP contribution in [0, 0.1) is 5.92 Å². The molecule has 0 aliphatic heterocycles. The molecular weight excluding hydrogens is 152 g/mol. The van der Waals surface area contributed by atoms with Crippen LogP contribution in [0.1, 0.15) is 27.2 Å². The van der Waals surface area contributed by atoms with Gasteiger partial charge in [0.2, 0.25) is 5.91 Å². The Bertz CT molecular complexity index is 124. The molecule has 0 aromatic carbocycles. The number of carbonyl (C=O) groups is 1. The topological polar surface area (TPSA) is 41.1 Å². The molecule has 2 N–H and O–H groups in total. The van der Waals surface area contributed by atoms with E-state index in [4.69, 9.17) is 0 Å². The van der Waals surface area contributed by atoms with Crippen LogP contribution >= 0.6 is 0 Å². The first kappa shape index (κ1) is 11.4. The second-order valence-electron chi connectivity index (χ2n) is 3.31. The van der Waals surface area contributed by atoms with Crippen molar-refractivity contribution in [2.24, 2.45) is 5.92 Å². The van der Waals surface area contributed by atoms with Gasteiger partial charge in [0.15, 0.2) is 0 Å². The first-order chi connectivity index (χ1) is 5.66. The standard InChI is InChI=1S/C9H20N2O/c1-4-10-7-9(12)11-6-5-8(2)3/h8,10H,4-7H2,1-3H3,(H,11,12). The number of carbonyl (C=O) groups excluding carboxylic acids is 1. The average Bonchev–Trinajstić information content (AvgIpc) is 2.00. The molecule has 0 heterocycles. The average molecular weight is 172 g/mol. The number of hydrogen-bond donors (Lipinski definition) is 2. The molecule has 0 rings (SSSR count). The summed E-state index contributed by atoms with van der Waals surface area (Å²) < 4.78 is 0. The Kier molecular flexibility index (Phi) is 6.76. The second kappa shape index (κ2) is 7.10. The van der Waals surface area contributed by atoms with Crippen molar-refractivity contribution in [3.05, 3.63) is 0 Å². The molecule has 0 aliphatic carbocycles. The zero-order valence-electron chi connectivity index (χ0n) is 8.31. The first-order valence-electron chi connectivity index (χ1n) is 4.64. The van der Waals surface area contributed by atoms with Crippen LogP contribution in [0.15, 0.2) is 0 Å². The van der Waals surface area contributed by atoms with Crippen LogP contribution in [0.2, 0.25) is 0 Å². The summed E-state index contributed by atoms with van der Waals surface area (Å²) >= 11 is 0. The van der Waals surface area contributed by atoms with Crippen LogP contribution in [0.4, 0.5) is 0 Å². The van der Waals surface area contributed by atoms with Gasteiger partial charge in [-0.1, -0.05) is 20.8 Å². The van der Waals surface area contributed by atoms with Gasteiger partial charge in [0.05, 0.1) is 6.54 Å². The lowest BCUT2D eigenvalue weighted by atomic mass is 10.1. The monoisotopic (exact) mass is 172 g/mol. The van der Waals surface area contributed by atoms with Gasteiger partial charge in [-0.2, -0.15) is 0 Å². The van der Waals surface area contributed by atoms with Crippen LogP contribution in [0.5, 0.6) is 0 Å². The van der Waals surface area contributed by atoms with Crippen molar-refractivity contribution in [3.63, 3.8) is 0 Å². The summed E-state index contributed by atoms with van der Waals surface area (Å²) in [5, 5.41) is 5.82. The van der Waals surface area contributed by atoms with Gasteiger partial charge in [-0.15, -0.1) is 0 Å². The fourth-order valence-electron chi connectivity index (χ4n) is 0.801. The Labute approximate surface area is 74.9 Å². The maximum absolute atomic E-state index is 11.0. The van der Waals surface area contributed by atoms with Crippen LogP contribution < -0.4 is 10.6 Å². The SMILES string of the molecule is CCNCC(=O)NCCC(C)C. The van der Waals surface area contributed by atoms with Crippen molar-refractivity contribution in [1.82, 2.24) is 10.6 Å². The van der Waals surface area contributed by atoms with Gasteiger partial charge in [0.1, 0.15) is 0 Å². The first-order valence-corrected chi connectivity index (χ1v) is 4.64. The molecule has 0 fully saturated rings. The molecule has 0 spiro atoms. The summed E-state index contributed by atoms with van der Waals surface area (Å²) in [6.45, 7) is 8.36. The molecule has 0 radical (unpaired) electrons.